The van der Waals surface area contributed by atoms with Crippen LogP contribution < -0.4 is 10.1 Å². The lowest BCUT2D eigenvalue weighted by atomic mass is 10.1. The molecule has 4 nitrogen and oxygen atoms in total. The summed E-state index contributed by atoms with van der Waals surface area (Å²) in [5, 5.41) is 2.31. The lowest BCUT2D eigenvalue weighted by Gasteiger charge is -2.11. The Morgan fingerprint density at radius 1 is 1.24 bits per heavy atom. The zero-order valence-electron chi connectivity index (χ0n) is 12.9. The highest BCUT2D eigenvalue weighted by atomic mass is 19.4. The molecule has 0 unspecified atom stereocenters. The largest absolute Gasteiger partial charge is 0.477 e. The summed E-state index contributed by atoms with van der Waals surface area (Å²) >= 11 is 0. The van der Waals surface area contributed by atoms with Gasteiger partial charge in [-0.05, 0) is 43.0 Å². The van der Waals surface area contributed by atoms with E-state index < -0.39 is 23.5 Å². The Morgan fingerprint density at radius 3 is 2.68 bits per heavy atom. The van der Waals surface area contributed by atoms with Gasteiger partial charge in [0.2, 0.25) is 5.88 Å². The zero-order chi connectivity index (χ0) is 18.0. The lowest BCUT2D eigenvalue weighted by Crippen LogP contribution is -2.14. The summed E-state index contributed by atoms with van der Waals surface area (Å²) in [5.41, 5.74) is -1.41. The Morgan fingerprint density at radius 2 is 2.00 bits per heavy atom. The van der Waals surface area contributed by atoms with Gasteiger partial charge >= 0.3 is 6.18 Å². The van der Waals surface area contributed by atoms with Crippen LogP contribution in [0.5, 0.6) is 5.88 Å². The molecule has 0 atom stereocenters. The van der Waals surface area contributed by atoms with E-state index in [1.165, 1.54) is 18.3 Å². The van der Waals surface area contributed by atoms with Crippen molar-refractivity contribution in [2.24, 2.45) is 5.92 Å². The van der Waals surface area contributed by atoms with Crippen molar-refractivity contribution >= 4 is 11.6 Å². The van der Waals surface area contributed by atoms with Crippen LogP contribution in [0.25, 0.3) is 0 Å². The van der Waals surface area contributed by atoms with E-state index in [9.17, 15) is 22.4 Å². The second-order valence-electron chi connectivity index (χ2n) is 5.78. The molecule has 1 aliphatic rings. The third kappa shape index (κ3) is 4.46. The van der Waals surface area contributed by atoms with Crippen molar-refractivity contribution in [2.45, 2.75) is 19.0 Å². The molecular formula is C17H14F4N2O2. The normalized spacial score (nSPS) is 14.2. The molecule has 0 bridgehead atoms. The number of nitrogens with one attached hydrogen (secondary N) is 1. The molecule has 1 aromatic carbocycles. The summed E-state index contributed by atoms with van der Waals surface area (Å²) in [4.78, 5) is 16.2. The van der Waals surface area contributed by atoms with Gasteiger partial charge in [0, 0.05) is 23.5 Å². The van der Waals surface area contributed by atoms with Crippen LogP contribution in [0.1, 0.15) is 28.8 Å². The average molecular weight is 354 g/mol. The number of aromatic nitrogens is 1. The van der Waals surface area contributed by atoms with Gasteiger partial charge in [0.25, 0.3) is 5.91 Å². The zero-order valence-corrected chi connectivity index (χ0v) is 12.9. The molecule has 0 aliphatic heterocycles. The molecule has 1 aromatic heterocycles. The van der Waals surface area contributed by atoms with Crippen molar-refractivity contribution in [2.75, 3.05) is 11.9 Å². The minimum atomic E-state index is -4.84. The summed E-state index contributed by atoms with van der Waals surface area (Å²) in [5.74, 6) is -1.25. The molecule has 25 heavy (non-hydrogen) atoms. The lowest BCUT2D eigenvalue weighted by molar-refractivity contribution is -0.139. The number of amides is 1. The molecule has 2 aromatic rings. The third-order valence-electron chi connectivity index (χ3n) is 3.69. The van der Waals surface area contributed by atoms with E-state index >= 15 is 0 Å². The fourth-order valence-corrected chi connectivity index (χ4v) is 2.14. The van der Waals surface area contributed by atoms with Gasteiger partial charge in [-0.2, -0.15) is 13.2 Å². The van der Waals surface area contributed by atoms with Gasteiger partial charge in [0.05, 0.1) is 12.2 Å². The number of carbonyl (C=O) groups is 1. The van der Waals surface area contributed by atoms with Crippen molar-refractivity contribution in [1.29, 1.82) is 0 Å². The van der Waals surface area contributed by atoms with Gasteiger partial charge in [-0.15, -0.1) is 0 Å². The van der Waals surface area contributed by atoms with Crippen molar-refractivity contribution in [3.8, 4) is 5.88 Å². The van der Waals surface area contributed by atoms with Crippen molar-refractivity contribution < 1.29 is 27.1 Å². The fourth-order valence-electron chi connectivity index (χ4n) is 2.14. The maximum Gasteiger partial charge on any atom is 0.419 e. The van der Waals surface area contributed by atoms with Crippen molar-refractivity contribution in [1.82, 2.24) is 4.98 Å². The first-order valence-corrected chi connectivity index (χ1v) is 7.60. The number of alkyl halides is 3. The maximum absolute atomic E-state index is 13.3. The van der Waals surface area contributed by atoms with Crippen LogP contribution in [0.2, 0.25) is 0 Å². The smallest absolute Gasteiger partial charge is 0.419 e. The number of carbonyl (C=O) groups excluding carboxylic acids is 1. The van der Waals surface area contributed by atoms with Gasteiger partial charge in [-0.25, -0.2) is 9.37 Å². The van der Waals surface area contributed by atoms with E-state index in [-0.39, 0.29) is 17.1 Å². The molecule has 1 N–H and O–H groups in total. The highest BCUT2D eigenvalue weighted by molar-refractivity contribution is 6.04. The molecule has 3 rings (SSSR count). The van der Waals surface area contributed by atoms with Crippen LogP contribution in [-0.2, 0) is 6.18 Å². The number of benzene rings is 1. The first-order chi connectivity index (χ1) is 11.8. The monoisotopic (exact) mass is 354 g/mol. The van der Waals surface area contributed by atoms with Crippen LogP contribution in [0.15, 0.2) is 36.5 Å². The Hall–Kier alpha value is -2.64. The first-order valence-electron chi connectivity index (χ1n) is 7.60. The standard InChI is InChI=1S/C17H14F4N2O2/c18-14-4-3-12(8-13(14)17(19,20)21)23-16(24)11-5-6-22-15(7-11)25-9-10-1-2-10/h3-8,10H,1-2,9H2,(H,23,24). The molecule has 0 radical (unpaired) electrons. The van der Waals surface area contributed by atoms with Crippen LogP contribution >= 0.6 is 0 Å². The van der Waals surface area contributed by atoms with Crippen LogP contribution in [0.4, 0.5) is 23.2 Å². The highest BCUT2D eigenvalue weighted by Crippen LogP contribution is 2.33. The minimum absolute atomic E-state index is 0.156. The van der Waals surface area contributed by atoms with E-state index in [1.54, 1.807) is 0 Å². The van der Waals surface area contributed by atoms with E-state index in [0.29, 0.717) is 24.7 Å². The Kier molecular flexibility index (Phi) is 4.61. The molecule has 1 fully saturated rings. The Balaban J connectivity index is 1.72. The number of halogens is 4. The number of pyridine rings is 1. The number of anilines is 1. The number of nitrogens with zero attached hydrogens (tertiary/aromatic N) is 1. The van der Waals surface area contributed by atoms with E-state index in [0.717, 1.165) is 18.9 Å². The predicted molar refractivity (Wildman–Crippen MR) is 81.8 cm³/mol. The SMILES string of the molecule is O=C(Nc1ccc(F)c(C(F)(F)F)c1)c1ccnc(OCC2CC2)c1. The van der Waals surface area contributed by atoms with Crippen molar-refractivity contribution in [3.05, 3.63) is 53.5 Å². The molecule has 1 amide bonds. The van der Waals surface area contributed by atoms with E-state index in [4.69, 9.17) is 4.74 Å². The van der Waals surface area contributed by atoms with Gasteiger partial charge in [-0.1, -0.05) is 0 Å². The van der Waals surface area contributed by atoms with Crippen LogP contribution in [0, 0.1) is 11.7 Å². The first kappa shape index (κ1) is 17.2. The molecule has 1 heterocycles. The third-order valence-corrected chi connectivity index (χ3v) is 3.69. The summed E-state index contributed by atoms with van der Waals surface area (Å²) in [6, 6.07) is 5.10. The molecule has 0 saturated heterocycles. The quantitative estimate of drug-likeness (QED) is 0.816. The molecule has 0 spiro atoms. The molecule has 1 aliphatic carbocycles. The number of hydrogen-bond donors (Lipinski definition) is 1. The minimum Gasteiger partial charge on any atom is -0.477 e. The number of rotatable bonds is 5. The summed E-state index contributed by atoms with van der Waals surface area (Å²) in [7, 11) is 0. The summed E-state index contributed by atoms with van der Waals surface area (Å²) < 4.78 is 56.9. The summed E-state index contributed by atoms with van der Waals surface area (Å²) in [6.45, 7) is 0.519. The predicted octanol–water partition coefficient (Wildman–Crippen LogP) is 4.28. The van der Waals surface area contributed by atoms with Gasteiger partial charge < -0.3 is 10.1 Å². The molecule has 8 heteroatoms. The van der Waals surface area contributed by atoms with Gasteiger partial charge in [0.15, 0.2) is 0 Å². The molecule has 1 saturated carbocycles. The Bertz CT molecular complexity index is 788. The average Bonchev–Trinajstić information content (AvgIpc) is 3.38. The number of ether oxygens (including phenoxy) is 1. The van der Waals surface area contributed by atoms with E-state index in [2.05, 4.69) is 10.3 Å². The molecule has 132 valence electrons. The second-order valence-corrected chi connectivity index (χ2v) is 5.78. The number of hydrogen-bond acceptors (Lipinski definition) is 3. The highest BCUT2D eigenvalue weighted by Gasteiger charge is 2.34. The van der Waals surface area contributed by atoms with Crippen LogP contribution in [0.3, 0.4) is 0 Å². The fraction of sp³-hybridized carbons (Fsp3) is 0.294. The van der Waals surface area contributed by atoms with Crippen molar-refractivity contribution in [3.63, 3.8) is 0 Å². The van der Waals surface area contributed by atoms with Gasteiger partial charge in [0.1, 0.15) is 5.82 Å². The topological polar surface area (TPSA) is 51.2 Å². The van der Waals surface area contributed by atoms with E-state index in [1.807, 2.05) is 0 Å². The second kappa shape index (κ2) is 6.70. The van der Waals surface area contributed by atoms with Gasteiger partial charge in [-0.3, -0.25) is 4.79 Å². The summed E-state index contributed by atoms with van der Waals surface area (Å²) in [6.07, 6.45) is -1.26. The molecular weight excluding hydrogens is 340 g/mol. The van der Waals surface area contributed by atoms with Crippen LogP contribution in [-0.4, -0.2) is 17.5 Å². The Labute approximate surface area is 140 Å². The maximum atomic E-state index is 13.3.